The van der Waals surface area contributed by atoms with E-state index >= 15 is 0 Å². The van der Waals surface area contributed by atoms with E-state index in [1.807, 2.05) is 30.3 Å². The molecule has 1 aromatic heterocycles. The second-order valence-corrected chi connectivity index (χ2v) is 11.7. The number of benzene rings is 2. The van der Waals surface area contributed by atoms with Crippen LogP contribution >= 0.6 is 31.9 Å². The Bertz CT molecular complexity index is 1140. The summed E-state index contributed by atoms with van der Waals surface area (Å²) in [6, 6.07) is 13.9. The molecule has 0 unspecified atom stereocenters. The number of nitrogens with one attached hydrogen (secondary N) is 2. The van der Waals surface area contributed by atoms with Crippen LogP contribution in [0.15, 0.2) is 62.7 Å². The van der Waals surface area contributed by atoms with Crippen molar-refractivity contribution in [3.8, 4) is 17.0 Å². The van der Waals surface area contributed by atoms with Gasteiger partial charge in [0.2, 0.25) is 0 Å². The molecule has 0 saturated heterocycles. The zero-order valence-electron chi connectivity index (χ0n) is 20.1. The molecule has 180 valence electrons. The summed E-state index contributed by atoms with van der Waals surface area (Å²) in [7, 11) is 0. The number of carbonyl (C=O) groups is 1. The molecule has 0 saturated carbocycles. The van der Waals surface area contributed by atoms with Crippen LogP contribution in [0.4, 0.5) is 0 Å². The highest BCUT2D eigenvalue weighted by atomic mass is 79.9. The van der Waals surface area contributed by atoms with Crippen LogP contribution in [0.25, 0.3) is 11.3 Å². The molecule has 0 atom stereocenters. The average Bonchev–Trinajstić information content (AvgIpc) is 3.20. The molecule has 1 heterocycles. The second-order valence-electron chi connectivity index (χ2n) is 10.0. The van der Waals surface area contributed by atoms with Crippen molar-refractivity contribution in [2.24, 2.45) is 10.5 Å². The molecule has 1 amide bonds. The van der Waals surface area contributed by atoms with Crippen molar-refractivity contribution in [3.63, 3.8) is 0 Å². The van der Waals surface area contributed by atoms with E-state index in [0.29, 0.717) is 5.75 Å². The normalized spacial score (nSPS) is 12.2. The second kappa shape index (κ2) is 10.9. The Morgan fingerprint density at radius 1 is 1.12 bits per heavy atom. The van der Waals surface area contributed by atoms with Gasteiger partial charge >= 0.3 is 0 Å². The largest absolute Gasteiger partial charge is 0.481 e. The first-order valence-electron chi connectivity index (χ1n) is 11.0. The summed E-state index contributed by atoms with van der Waals surface area (Å²) in [5.74, 6) is 0.215. The number of H-pyrrole nitrogens is 1. The van der Waals surface area contributed by atoms with Gasteiger partial charge in [-0.1, -0.05) is 65.0 Å². The molecule has 6 nitrogen and oxygen atoms in total. The number of aromatic amines is 1. The number of ether oxygens (including phenoxy) is 1. The SMILES string of the molecule is CC(C)(C)CC(C)(C)c1cc(Br)c(OCC(=O)NN=Cc2cn[nH]c2-c2ccccc2)c(Br)c1. The Balaban J connectivity index is 1.61. The minimum atomic E-state index is -0.364. The lowest BCUT2D eigenvalue weighted by Gasteiger charge is -2.33. The maximum absolute atomic E-state index is 12.3. The molecule has 0 fully saturated rings. The summed E-state index contributed by atoms with van der Waals surface area (Å²) in [5.41, 5.74) is 6.47. The highest BCUT2D eigenvalue weighted by Crippen LogP contribution is 2.42. The lowest BCUT2D eigenvalue weighted by molar-refractivity contribution is -0.123. The standard InChI is InChI=1S/C26H30Br2N4O2/c1-25(2,3)16-26(4,5)19-11-20(27)24(21(28)12-19)34-15-22(33)31-29-13-18-14-30-32-23(18)17-9-7-6-8-10-17/h6-14H,15-16H2,1-5H3,(H,30,32)(H,31,33). The molecular weight excluding hydrogens is 560 g/mol. The van der Waals surface area contributed by atoms with Gasteiger partial charge in [0.05, 0.1) is 27.1 Å². The molecule has 8 heteroatoms. The van der Waals surface area contributed by atoms with E-state index in [-0.39, 0.29) is 23.3 Å². The van der Waals surface area contributed by atoms with Crippen molar-refractivity contribution in [2.75, 3.05) is 6.61 Å². The molecule has 0 aliphatic carbocycles. The van der Waals surface area contributed by atoms with Crippen molar-refractivity contribution >= 4 is 44.0 Å². The molecule has 0 aliphatic rings. The topological polar surface area (TPSA) is 79.4 Å². The van der Waals surface area contributed by atoms with Crippen LogP contribution in [0.1, 0.15) is 52.2 Å². The quantitative estimate of drug-likeness (QED) is 0.223. The summed E-state index contributed by atoms with van der Waals surface area (Å²) >= 11 is 7.20. The molecule has 2 N–H and O–H groups in total. The smallest absolute Gasteiger partial charge is 0.277 e. The van der Waals surface area contributed by atoms with Gasteiger partial charge in [0.15, 0.2) is 6.61 Å². The van der Waals surface area contributed by atoms with E-state index in [9.17, 15) is 4.79 Å². The molecule has 0 radical (unpaired) electrons. The minimum absolute atomic E-state index is 0.0143. The molecule has 0 aliphatic heterocycles. The number of hydrazone groups is 1. The van der Waals surface area contributed by atoms with E-state index in [4.69, 9.17) is 4.74 Å². The number of aromatic nitrogens is 2. The molecule has 3 aromatic rings. The Labute approximate surface area is 217 Å². The van der Waals surface area contributed by atoms with Gasteiger partial charge in [-0.25, -0.2) is 5.43 Å². The van der Waals surface area contributed by atoms with Gasteiger partial charge in [0.1, 0.15) is 5.75 Å². The fraction of sp³-hybridized carbons (Fsp3) is 0.346. The third-order valence-electron chi connectivity index (χ3n) is 5.22. The summed E-state index contributed by atoms with van der Waals surface area (Å²) < 4.78 is 7.37. The van der Waals surface area contributed by atoms with Crippen molar-refractivity contribution in [3.05, 3.63) is 68.7 Å². The third-order valence-corrected chi connectivity index (χ3v) is 6.40. The predicted octanol–water partition coefficient (Wildman–Crippen LogP) is 6.84. The van der Waals surface area contributed by atoms with Gasteiger partial charge in [0.25, 0.3) is 5.91 Å². The predicted molar refractivity (Wildman–Crippen MR) is 144 cm³/mol. The third kappa shape index (κ3) is 7.03. The number of hydrogen-bond acceptors (Lipinski definition) is 4. The van der Waals surface area contributed by atoms with Crippen molar-refractivity contribution < 1.29 is 9.53 Å². The van der Waals surface area contributed by atoms with Crippen molar-refractivity contribution in [1.29, 1.82) is 0 Å². The summed E-state index contributed by atoms with van der Waals surface area (Å²) in [4.78, 5) is 12.3. The van der Waals surface area contributed by atoms with Gasteiger partial charge in [-0.2, -0.15) is 10.2 Å². The van der Waals surface area contributed by atoms with Gasteiger partial charge in [-0.05, 0) is 66.8 Å². The van der Waals surface area contributed by atoms with E-state index < -0.39 is 0 Å². The zero-order valence-corrected chi connectivity index (χ0v) is 23.2. The molecule has 34 heavy (non-hydrogen) atoms. The van der Waals surface area contributed by atoms with E-state index in [2.05, 4.69) is 99.3 Å². The van der Waals surface area contributed by atoms with Crippen LogP contribution in [0.5, 0.6) is 5.75 Å². The van der Waals surface area contributed by atoms with Crippen LogP contribution < -0.4 is 10.2 Å². The Morgan fingerprint density at radius 3 is 2.38 bits per heavy atom. The van der Waals surface area contributed by atoms with Crippen LogP contribution in [0.2, 0.25) is 0 Å². The highest BCUT2D eigenvalue weighted by Gasteiger charge is 2.28. The Morgan fingerprint density at radius 2 is 1.76 bits per heavy atom. The van der Waals surface area contributed by atoms with Gasteiger partial charge in [-0.3, -0.25) is 9.89 Å². The summed E-state index contributed by atoms with van der Waals surface area (Å²) in [6.07, 6.45) is 4.25. The molecule has 3 rings (SSSR count). The Kier molecular flexibility index (Phi) is 8.36. The number of amides is 1. The summed E-state index contributed by atoms with van der Waals surface area (Å²) in [5, 5.41) is 11.1. The first-order valence-corrected chi connectivity index (χ1v) is 12.6. The van der Waals surface area contributed by atoms with Crippen LogP contribution in [-0.2, 0) is 10.2 Å². The average molecular weight is 590 g/mol. The van der Waals surface area contributed by atoms with Crippen LogP contribution in [0.3, 0.4) is 0 Å². The van der Waals surface area contributed by atoms with Gasteiger partial charge in [0, 0.05) is 11.1 Å². The first-order chi connectivity index (χ1) is 16.0. The molecule has 0 bridgehead atoms. The minimum Gasteiger partial charge on any atom is -0.481 e. The fourth-order valence-corrected chi connectivity index (χ4v) is 5.50. The number of carbonyl (C=O) groups excluding carboxylic acids is 1. The Hall–Kier alpha value is -2.45. The number of nitrogens with zero attached hydrogens (tertiary/aromatic N) is 2. The maximum Gasteiger partial charge on any atom is 0.277 e. The van der Waals surface area contributed by atoms with Crippen molar-refractivity contribution in [1.82, 2.24) is 15.6 Å². The summed E-state index contributed by atoms with van der Waals surface area (Å²) in [6.45, 7) is 11.0. The van der Waals surface area contributed by atoms with E-state index in [1.54, 1.807) is 12.4 Å². The molecule has 2 aromatic carbocycles. The van der Waals surface area contributed by atoms with Crippen molar-refractivity contribution in [2.45, 2.75) is 46.5 Å². The van der Waals surface area contributed by atoms with Crippen LogP contribution in [-0.4, -0.2) is 28.9 Å². The number of hydrogen-bond donors (Lipinski definition) is 2. The number of halogens is 2. The monoisotopic (exact) mass is 588 g/mol. The molecule has 0 spiro atoms. The van der Waals surface area contributed by atoms with E-state index in [0.717, 1.165) is 32.2 Å². The zero-order chi connectivity index (χ0) is 24.9. The van der Waals surface area contributed by atoms with Crippen LogP contribution in [0, 0.1) is 5.41 Å². The lowest BCUT2D eigenvalue weighted by atomic mass is 9.72. The van der Waals surface area contributed by atoms with E-state index in [1.165, 1.54) is 5.56 Å². The van der Waals surface area contributed by atoms with Gasteiger partial charge in [-0.15, -0.1) is 0 Å². The lowest BCUT2D eigenvalue weighted by Crippen LogP contribution is -2.26. The molecular formula is C26H30Br2N4O2. The number of rotatable bonds is 8. The first kappa shape index (κ1) is 26.2. The van der Waals surface area contributed by atoms with Gasteiger partial charge < -0.3 is 4.74 Å². The highest BCUT2D eigenvalue weighted by molar-refractivity contribution is 9.11. The fourth-order valence-electron chi connectivity index (χ4n) is 4.09. The maximum atomic E-state index is 12.3.